The zero-order valence-electron chi connectivity index (χ0n) is 16.8. The molecular formula is C22H23FN4O2S. The predicted molar refractivity (Wildman–Crippen MR) is 117 cm³/mol. The molecule has 3 aromatic rings. The molecule has 0 unspecified atom stereocenters. The fourth-order valence-electron chi connectivity index (χ4n) is 4.08. The number of hydrogen-bond donors (Lipinski definition) is 0. The summed E-state index contributed by atoms with van der Waals surface area (Å²) in [5.41, 5.74) is 1.54. The van der Waals surface area contributed by atoms with Gasteiger partial charge >= 0.3 is 0 Å². The highest BCUT2D eigenvalue weighted by Gasteiger charge is 2.37. The first-order valence-corrected chi connectivity index (χ1v) is 10.9. The minimum atomic E-state index is -0.208. The summed E-state index contributed by atoms with van der Waals surface area (Å²) in [5, 5.41) is 0.951. The molecule has 3 heterocycles. The molecule has 5 rings (SSSR count). The van der Waals surface area contributed by atoms with Crippen molar-refractivity contribution in [1.82, 2.24) is 9.88 Å². The van der Waals surface area contributed by atoms with Crippen molar-refractivity contribution in [3.8, 4) is 5.75 Å². The molecule has 0 aliphatic carbocycles. The van der Waals surface area contributed by atoms with Crippen LogP contribution in [0.4, 0.5) is 15.2 Å². The Hall–Kier alpha value is -2.87. The van der Waals surface area contributed by atoms with Gasteiger partial charge in [-0.2, -0.15) is 0 Å². The Morgan fingerprint density at radius 1 is 1.10 bits per heavy atom. The van der Waals surface area contributed by atoms with Gasteiger partial charge < -0.3 is 19.4 Å². The largest absolute Gasteiger partial charge is 0.497 e. The van der Waals surface area contributed by atoms with E-state index < -0.39 is 0 Å². The Kier molecular flexibility index (Phi) is 4.94. The van der Waals surface area contributed by atoms with Gasteiger partial charge in [0.15, 0.2) is 5.13 Å². The van der Waals surface area contributed by atoms with Crippen molar-refractivity contribution in [3.05, 3.63) is 48.3 Å². The summed E-state index contributed by atoms with van der Waals surface area (Å²) in [7, 11) is 1.65. The molecule has 0 N–H and O–H groups in total. The van der Waals surface area contributed by atoms with Crippen LogP contribution in [0.3, 0.4) is 0 Å². The number of halogens is 1. The molecule has 8 heteroatoms. The number of fused-ring (bicyclic) bond motifs is 1. The minimum absolute atomic E-state index is 0.00607. The van der Waals surface area contributed by atoms with Gasteiger partial charge in [0.2, 0.25) is 5.91 Å². The van der Waals surface area contributed by atoms with E-state index in [1.807, 2.05) is 34.1 Å². The maximum absolute atomic E-state index is 14.0. The monoisotopic (exact) mass is 426 g/mol. The lowest BCUT2D eigenvalue weighted by Gasteiger charge is -2.43. The number of nitrogens with zero attached hydrogens (tertiary/aromatic N) is 4. The Morgan fingerprint density at radius 3 is 2.60 bits per heavy atom. The van der Waals surface area contributed by atoms with E-state index in [-0.39, 0.29) is 17.6 Å². The number of ether oxygens (including phenoxy) is 1. The number of amides is 1. The third-order valence-corrected chi connectivity index (χ3v) is 6.97. The van der Waals surface area contributed by atoms with Crippen molar-refractivity contribution in [1.29, 1.82) is 0 Å². The first-order valence-electron chi connectivity index (χ1n) is 10.1. The standard InChI is InChI=1S/C22H23FN4O2S/c1-29-16-6-7-20-18(12-16)24-22(30-20)27-13-15(14-27)21(28)26-10-8-25(9-11-26)19-5-3-2-4-17(19)23/h2-7,12,15H,8-11,13-14H2,1H3. The van der Waals surface area contributed by atoms with E-state index in [9.17, 15) is 9.18 Å². The molecule has 2 saturated heterocycles. The van der Waals surface area contributed by atoms with E-state index in [4.69, 9.17) is 9.72 Å². The lowest BCUT2D eigenvalue weighted by Crippen LogP contribution is -2.58. The Balaban J connectivity index is 1.17. The number of benzene rings is 2. The molecule has 2 aliphatic rings. The molecule has 0 spiro atoms. The zero-order chi connectivity index (χ0) is 20.7. The number of carbonyl (C=O) groups excluding carboxylic acids is 1. The van der Waals surface area contributed by atoms with Gasteiger partial charge in [0.1, 0.15) is 11.6 Å². The maximum atomic E-state index is 14.0. The molecule has 0 bridgehead atoms. The molecule has 0 radical (unpaired) electrons. The molecule has 2 fully saturated rings. The smallest absolute Gasteiger partial charge is 0.229 e. The quantitative estimate of drug-likeness (QED) is 0.641. The third-order valence-electron chi connectivity index (χ3n) is 5.87. The van der Waals surface area contributed by atoms with E-state index >= 15 is 0 Å². The number of methoxy groups -OCH3 is 1. The van der Waals surface area contributed by atoms with E-state index in [0.29, 0.717) is 45.0 Å². The van der Waals surface area contributed by atoms with Crippen molar-refractivity contribution in [2.75, 3.05) is 56.2 Å². The number of para-hydroxylation sites is 1. The van der Waals surface area contributed by atoms with Crippen molar-refractivity contribution in [3.63, 3.8) is 0 Å². The Labute approximate surface area is 178 Å². The fourth-order valence-corrected chi connectivity index (χ4v) is 5.05. The summed E-state index contributed by atoms with van der Waals surface area (Å²) >= 11 is 1.64. The normalized spacial score (nSPS) is 17.3. The van der Waals surface area contributed by atoms with Crippen molar-refractivity contribution in [2.45, 2.75) is 0 Å². The van der Waals surface area contributed by atoms with Gasteiger partial charge in [0, 0.05) is 45.3 Å². The van der Waals surface area contributed by atoms with Gasteiger partial charge in [-0.25, -0.2) is 9.37 Å². The first kappa shape index (κ1) is 19.1. The third kappa shape index (κ3) is 3.45. The number of carbonyl (C=O) groups is 1. The van der Waals surface area contributed by atoms with Gasteiger partial charge in [0.05, 0.1) is 28.9 Å². The lowest BCUT2D eigenvalue weighted by atomic mass is 9.99. The van der Waals surface area contributed by atoms with Crippen LogP contribution in [0, 0.1) is 11.7 Å². The fraction of sp³-hybridized carbons (Fsp3) is 0.364. The lowest BCUT2D eigenvalue weighted by molar-refractivity contribution is -0.136. The van der Waals surface area contributed by atoms with Crippen LogP contribution in [0.1, 0.15) is 0 Å². The van der Waals surface area contributed by atoms with Crippen LogP contribution in [-0.4, -0.2) is 62.2 Å². The number of anilines is 2. The summed E-state index contributed by atoms with van der Waals surface area (Å²) < 4.78 is 20.4. The number of rotatable bonds is 4. The van der Waals surface area contributed by atoms with Crippen LogP contribution >= 0.6 is 11.3 Å². The minimum Gasteiger partial charge on any atom is -0.497 e. The Bertz CT molecular complexity index is 1070. The van der Waals surface area contributed by atoms with Crippen LogP contribution in [0.5, 0.6) is 5.75 Å². The summed E-state index contributed by atoms with van der Waals surface area (Å²) in [6.45, 7) is 3.97. The molecule has 0 saturated carbocycles. The summed E-state index contributed by atoms with van der Waals surface area (Å²) in [6, 6.07) is 12.7. The summed E-state index contributed by atoms with van der Waals surface area (Å²) in [5.74, 6) is 0.791. The van der Waals surface area contributed by atoms with E-state index in [1.165, 1.54) is 6.07 Å². The molecule has 6 nitrogen and oxygen atoms in total. The second-order valence-corrected chi connectivity index (χ2v) is 8.70. The van der Waals surface area contributed by atoms with Gasteiger partial charge in [-0.1, -0.05) is 23.5 Å². The number of hydrogen-bond acceptors (Lipinski definition) is 6. The highest BCUT2D eigenvalue weighted by Crippen LogP contribution is 2.35. The van der Waals surface area contributed by atoms with Crippen LogP contribution in [0.25, 0.3) is 10.2 Å². The van der Waals surface area contributed by atoms with E-state index in [1.54, 1.807) is 30.6 Å². The second kappa shape index (κ2) is 7.75. The molecule has 1 aromatic heterocycles. The Morgan fingerprint density at radius 2 is 1.87 bits per heavy atom. The number of piperazine rings is 1. The van der Waals surface area contributed by atoms with Gasteiger partial charge in [-0.15, -0.1) is 0 Å². The van der Waals surface area contributed by atoms with Crippen molar-refractivity contribution >= 4 is 38.3 Å². The molecule has 30 heavy (non-hydrogen) atoms. The predicted octanol–water partition coefficient (Wildman–Crippen LogP) is 3.23. The SMILES string of the molecule is COc1ccc2sc(N3CC(C(=O)N4CCN(c5ccccc5F)CC4)C3)nc2c1. The average molecular weight is 427 g/mol. The molecule has 2 aliphatic heterocycles. The summed E-state index contributed by atoms with van der Waals surface area (Å²) in [4.78, 5) is 23.7. The highest BCUT2D eigenvalue weighted by molar-refractivity contribution is 7.22. The van der Waals surface area contributed by atoms with Crippen LogP contribution in [0.2, 0.25) is 0 Å². The van der Waals surface area contributed by atoms with Crippen molar-refractivity contribution < 1.29 is 13.9 Å². The first-order chi connectivity index (χ1) is 14.6. The van der Waals surface area contributed by atoms with Crippen LogP contribution in [0.15, 0.2) is 42.5 Å². The maximum Gasteiger partial charge on any atom is 0.229 e. The molecule has 1 amide bonds. The van der Waals surface area contributed by atoms with Gasteiger partial charge in [-0.3, -0.25) is 4.79 Å². The number of thiazole rings is 1. The van der Waals surface area contributed by atoms with Crippen LogP contribution in [-0.2, 0) is 4.79 Å². The van der Waals surface area contributed by atoms with E-state index in [0.717, 1.165) is 21.1 Å². The van der Waals surface area contributed by atoms with Gasteiger partial charge in [-0.05, 0) is 24.3 Å². The van der Waals surface area contributed by atoms with Crippen molar-refractivity contribution in [2.24, 2.45) is 5.92 Å². The van der Waals surface area contributed by atoms with Gasteiger partial charge in [0.25, 0.3) is 0 Å². The summed E-state index contributed by atoms with van der Waals surface area (Å²) in [6.07, 6.45) is 0. The second-order valence-electron chi connectivity index (χ2n) is 7.70. The molecule has 0 atom stereocenters. The van der Waals surface area contributed by atoms with E-state index in [2.05, 4.69) is 4.90 Å². The highest BCUT2D eigenvalue weighted by atomic mass is 32.1. The zero-order valence-corrected chi connectivity index (χ0v) is 17.6. The molecule has 2 aromatic carbocycles. The number of aromatic nitrogens is 1. The molecular weight excluding hydrogens is 403 g/mol. The topological polar surface area (TPSA) is 48.9 Å². The van der Waals surface area contributed by atoms with Crippen LogP contribution < -0.4 is 14.5 Å². The molecule has 156 valence electrons. The average Bonchev–Trinajstić information content (AvgIpc) is 3.15.